The molecule has 0 atom stereocenters. The Kier molecular flexibility index (Phi) is 3.76. The first-order valence-electron chi connectivity index (χ1n) is 8.48. The third-order valence-electron chi connectivity index (χ3n) is 5.13. The van der Waals surface area contributed by atoms with Crippen molar-refractivity contribution in [2.75, 3.05) is 11.9 Å². The summed E-state index contributed by atoms with van der Waals surface area (Å²) >= 11 is 0. The Labute approximate surface area is 150 Å². The van der Waals surface area contributed by atoms with Gasteiger partial charge < -0.3 is 14.9 Å². The highest BCUT2D eigenvalue weighted by molar-refractivity contribution is 5.99. The number of carboxylic acids is 1. The summed E-state index contributed by atoms with van der Waals surface area (Å²) in [6.45, 7) is 0.883. The predicted octanol–water partition coefficient (Wildman–Crippen LogP) is 2.45. The van der Waals surface area contributed by atoms with Crippen molar-refractivity contribution >= 4 is 23.5 Å². The second kappa shape index (κ2) is 5.98. The number of carbonyl (C=O) groups is 3. The largest absolute Gasteiger partial charge is 0.478 e. The van der Waals surface area contributed by atoms with Crippen LogP contribution in [0.15, 0.2) is 36.4 Å². The molecule has 2 amide bonds. The molecule has 0 saturated heterocycles. The van der Waals surface area contributed by atoms with E-state index in [1.54, 1.807) is 41.1 Å². The minimum Gasteiger partial charge on any atom is -0.478 e. The topological polar surface area (TPSA) is 77.9 Å². The van der Waals surface area contributed by atoms with Crippen molar-refractivity contribution in [2.45, 2.75) is 25.9 Å². The number of aryl methyl sites for hydroxylation is 1. The normalized spacial score (nSPS) is 15.7. The van der Waals surface area contributed by atoms with Crippen molar-refractivity contribution < 1.29 is 19.5 Å². The van der Waals surface area contributed by atoms with Crippen LogP contribution in [0.3, 0.4) is 0 Å². The average molecular weight is 350 g/mol. The number of fused-ring (bicyclic) bond motifs is 2. The minimum absolute atomic E-state index is 0.0829. The Morgan fingerprint density at radius 3 is 2.38 bits per heavy atom. The molecule has 6 nitrogen and oxygen atoms in total. The van der Waals surface area contributed by atoms with Crippen LogP contribution in [0, 0.1) is 0 Å². The van der Waals surface area contributed by atoms with Crippen LogP contribution in [0.4, 0.5) is 5.69 Å². The van der Waals surface area contributed by atoms with Crippen molar-refractivity contribution in [3.63, 3.8) is 0 Å². The first-order chi connectivity index (χ1) is 12.4. The van der Waals surface area contributed by atoms with Crippen LogP contribution in [0.2, 0.25) is 0 Å². The monoisotopic (exact) mass is 350 g/mol. The summed E-state index contributed by atoms with van der Waals surface area (Å²) in [4.78, 5) is 39.2. The van der Waals surface area contributed by atoms with Gasteiger partial charge in [-0.15, -0.1) is 0 Å². The van der Waals surface area contributed by atoms with E-state index in [0.29, 0.717) is 31.5 Å². The molecule has 2 aliphatic rings. The highest BCUT2D eigenvalue weighted by Gasteiger charge is 2.27. The van der Waals surface area contributed by atoms with Crippen LogP contribution in [0.25, 0.3) is 0 Å². The number of amides is 2. The van der Waals surface area contributed by atoms with Crippen LogP contribution in [0.1, 0.15) is 43.8 Å². The Balaban J connectivity index is 1.57. The molecule has 0 spiro atoms. The van der Waals surface area contributed by atoms with Crippen molar-refractivity contribution in [1.82, 2.24) is 4.90 Å². The number of rotatable bonds is 2. The second-order valence-corrected chi connectivity index (χ2v) is 6.75. The molecule has 0 bridgehead atoms. The van der Waals surface area contributed by atoms with Gasteiger partial charge in [0.1, 0.15) is 0 Å². The SMILES string of the molecule is CN1C(=O)CCc2cc(C(=O)N3Cc4ccc(C(=O)O)cc4C3)ccc21. The van der Waals surface area contributed by atoms with Crippen LogP contribution in [-0.2, 0) is 24.3 Å². The Morgan fingerprint density at radius 1 is 0.923 bits per heavy atom. The number of carboxylic acid groups (broad SMARTS) is 1. The average Bonchev–Trinajstić information content (AvgIpc) is 3.07. The van der Waals surface area contributed by atoms with Gasteiger partial charge in [0.05, 0.1) is 5.56 Å². The smallest absolute Gasteiger partial charge is 0.335 e. The summed E-state index contributed by atoms with van der Waals surface area (Å²) in [6, 6.07) is 10.4. The predicted molar refractivity (Wildman–Crippen MR) is 95.2 cm³/mol. The van der Waals surface area contributed by atoms with Gasteiger partial charge in [-0.2, -0.15) is 0 Å². The molecule has 2 aromatic rings. The van der Waals surface area contributed by atoms with Gasteiger partial charge in [0.2, 0.25) is 5.91 Å². The number of carbonyl (C=O) groups excluding carboxylic acids is 2. The van der Waals surface area contributed by atoms with E-state index in [-0.39, 0.29) is 17.4 Å². The summed E-state index contributed by atoms with van der Waals surface area (Å²) in [5.41, 5.74) is 4.54. The molecule has 2 aliphatic heterocycles. The molecule has 0 radical (unpaired) electrons. The molecule has 2 aromatic carbocycles. The maximum atomic E-state index is 12.9. The van der Waals surface area contributed by atoms with Crippen molar-refractivity contribution in [2.24, 2.45) is 0 Å². The Morgan fingerprint density at radius 2 is 1.62 bits per heavy atom. The van der Waals surface area contributed by atoms with Crippen molar-refractivity contribution in [1.29, 1.82) is 0 Å². The maximum absolute atomic E-state index is 12.9. The van der Waals surface area contributed by atoms with Gasteiger partial charge in [0.25, 0.3) is 5.91 Å². The zero-order chi connectivity index (χ0) is 18.4. The van der Waals surface area contributed by atoms with Gasteiger partial charge in [-0.3, -0.25) is 9.59 Å². The van der Waals surface area contributed by atoms with E-state index in [1.807, 2.05) is 12.1 Å². The molecule has 4 rings (SSSR count). The lowest BCUT2D eigenvalue weighted by molar-refractivity contribution is -0.118. The number of hydrogen-bond acceptors (Lipinski definition) is 3. The molecule has 0 saturated carbocycles. The van der Waals surface area contributed by atoms with Crippen LogP contribution in [-0.4, -0.2) is 34.8 Å². The highest BCUT2D eigenvalue weighted by atomic mass is 16.4. The standard InChI is InChI=1S/C20H18N2O4/c1-21-17-6-4-13(8-12(17)5-7-18(21)23)19(24)22-10-15-3-2-14(20(25)26)9-16(15)11-22/h2-4,6,8-9H,5,7,10-11H2,1H3,(H,25,26). The summed E-state index contributed by atoms with van der Waals surface area (Å²) in [6.07, 6.45) is 1.09. The molecule has 0 unspecified atom stereocenters. The van der Waals surface area contributed by atoms with E-state index in [4.69, 9.17) is 5.11 Å². The van der Waals surface area contributed by atoms with E-state index < -0.39 is 5.97 Å². The van der Waals surface area contributed by atoms with E-state index in [0.717, 1.165) is 22.4 Å². The second-order valence-electron chi connectivity index (χ2n) is 6.75. The lowest BCUT2D eigenvalue weighted by atomic mass is 9.99. The molecule has 132 valence electrons. The molecule has 2 heterocycles. The fourth-order valence-corrected chi connectivity index (χ4v) is 3.64. The summed E-state index contributed by atoms with van der Waals surface area (Å²) in [5, 5.41) is 9.11. The van der Waals surface area contributed by atoms with Crippen LogP contribution >= 0.6 is 0 Å². The summed E-state index contributed by atoms with van der Waals surface area (Å²) < 4.78 is 0. The van der Waals surface area contributed by atoms with E-state index in [2.05, 4.69) is 0 Å². The molecule has 6 heteroatoms. The first-order valence-corrected chi connectivity index (χ1v) is 8.48. The molecular weight excluding hydrogens is 332 g/mol. The minimum atomic E-state index is -0.967. The first kappa shape index (κ1) is 16.3. The van der Waals surface area contributed by atoms with Gasteiger partial charge in [0.15, 0.2) is 0 Å². The van der Waals surface area contributed by atoms with E-state index in [9.17, 15) is 14.4 Å². The summed E-state index contributed by atoms with van der Waals surface area (Å²) in [5.74, 6) is -0.966. The maximum Gasteiger partial charge on any atom is 0.335 e. The number of anilines is 1. The zero-order valence-electron chi connectivity index (χ0n) is 14.4. The molecule has 0 aromatic heterocycles. The third kappa shape index (κ3) is 2.63. The quantitative estimate of drug-likeness (QED) is 0.902. The number of hydrogen-bond donors (Lipinski definition) is 1. The van der Waals surface area contributed by atoms with Crippen LogP contribution < -0.4 is 4.90 Å². The highest BCUT2D eigenvalue weighted by Crippen LogP contribution is 2.30. The van der Waals surface area contributed by atoms with Crippen molar-refractivity contribution in [3.8, 4) is 0 Å². The Bertz CT molecular complexity index is 951. The Hall–Kier alpha value is -3.15. The number of nitrogens with zero attached hydrogens (tertiary/aromatic N) is 2. The van der Waals surface area contributed by atoms with Gasteiger partial charge >= 0.3 is 5.97 Å². The van der Waals surface area contributed by atoms with Crippen LogP contribution in [0.5, 0.6) is 0 Å². The molecule has 1 N–H and O–H groups in total. The van der Waals surface area contributed by atoms with E-state index >= 15 is 0 Å². The third-order valence-corrected chi connectivity index (χ3v) is 5.13. The van der Waals surface area contributed by atoms with Gasteiger partial charge in [-0.25, -0.2) is 4.79 Å². The van der Waals surface area contributed by atoms with Gasteiger partial charge in [0, 0.05) is 37.8 Å². The van der Waals surface area contributed by atoms with E-state index in [1.165, 1.54) is 0 Å². The lowest BCUT2D eigenvalue weighted by Gasteiger charge is -2.26. The fraction of sp³-hybridized carbons (Fsp3) is 0.250. The van der Waals surface area contributed by atoms with Gasteiger partial charge in [-0.1, -0.05) is 6.07 Å². The molecular formula is C20H18N2O4. The molecule has 0 aliphatic carbocycles. The van der Waals surface area contributed by atoms with Gasteiger partial charge in [-0.05, 0) is 53.4 Å². The number of benzene rings is 2. The van der Waals surface area contributed by atoms with Crippen molar-refractivity contribution in [3.05, 3.63) is 64.2 Å². The molecule has 0 fully saturated rings. The number of aromatic carboxylic acids is 1. The zero-order valence-corrected chi connectivity index (χ0v) is 14.4. The fourth-order valence-electron chi connectivity index (χ4n) is 3.64. The lowest BCUT2D eigenvalue weighted by Crippen LogP contribution is -2.31. The summed E-state index contributed by atoms with van der Waals surface area (Å²) in [7, 11) is 1.75. The molecule has 26 heavy (non-hydrogen) atoms.